The van der Waals surface area contributed by atoms with E-state index >= 15 is 0 Å². The molecular formula is C24H21NO4. The summed E-state index contributed by atoms with van der Waals surface area (Å²) < 4.78 is 10.1. The second-order valence-electron chi connectivity index (χ2n) is 6.79. The summed E-state index contributed by atoms with van der Waals surface area (Å²) in [6, 6.07) is 17.6. The lowest BCUT2D eigenvalue weighted by Gasteiger charge is -2.12. The van der Waals surface area contributed by atoms with Crippen molar-refractivity contribution in [3.05, 3.63) is 77.0 Å². The Hall–Kier alpha value is -3.47. The molecule has 0 saturated carbocycles. The second-order valence-corrected chi connectivity index (χ2v) is 6.79. The van der Waals surface area contributed by atoms with Gasteiger partial charge in [-0.05, 0) is 48.6 Å². The molecule has 1 heterocycles. The average molecular weight is 387 g/mol. The van der Waals surface area contributed by atoms with E-state index in [1.54, 1.807) is 6.92 Å². The number of para-hydroxylation sites is 1. The zero-order chi connectivity index (χ0) is 20.2. The maximum atomic E-state index is 12.9. The molecule has 0 unspecified atom stereocenters. The zero-order valence-electron chi connectivity index (χ0n) is 16.2. The Morgan fingerprint density at radius 2 is 1.76 bits per heavy atom. The molecule has 0 aliphatic heterocycles. The Bertz CT molecular complexity index is 1100. The van der Waals surface area contributed by atoms with Crippen molar-refractivity contribution in [2.75, 3.05) is 13.2 Å². The van der Waals surface area contributed by atoms with E-state index in [9.17, 15) is 9.59 Å². The highest BCUT2D eigenvalue weighted by molar-refractivity contribution is 6.07. The fourth-order valence-electron chi connectivity index (χ4n) is 3.66. The summed E-state index contributed by atoms with van der Waals surface area (Å²) in [7, 11) is 0. The molecule has 0 radical (unpaired) electrons. The highest BCUT2D eigenvalue weighted by atomic mass is 16.6. The van der Waals surface area contributed by atoms with Gasteiger partial charge in [-0.15, -0.1) is 0 Å². The fourth-order valence-corrected chi connectivity index (χ4v) is 3.66. The van der Waals surface area contributed by atoms with Crippen molar-refractivity contribution in [2.24, 2.45) is 0 Å². The molecule has 1 aliphatic rings. The molecule has 29 heavy (non-hydrogen) atoms. The largest absolute Gasteiger partial charge is 0.463 e. The Morgan fingerprint density at radius 1 is 1.00 bits per heavy atom. The van der Waals surface area contributed by atoms with Crippen LogP contribution in [0.15, 0.2) is 54.6 Å². The van der Waals surface area contributed by atoms with Gasteiger partial charge in [-0.25, -0.2) is 14.6 Å². The van der Waals surface area contributed by atoms with Gasteiger partial charge in [-0.1, -0.05) is 48.5 Å². The summed E-state index contributed by atoms with van der Waals surface area (Å²) in [4.78, 5) is 29.4. The highest BCUT2D eigenvalue weighted by Gasteiger charge is 2.28. The van der Waals surface area contributed by atoms with Gasteiger partial charge in [-0.3, -0.25) is 0 Å². The van der Waals surface area contributed by atoms with Crippen molar-refractivity contribution in [1.82, 2.24) is 4.98 Å². The van der Waals surface area contributed by atoms with Gasteiger partial charge in [0.15, 0.2) is 6.61 Å². The van der Waals surface area contributed by atoms with Gasteiger partial charge in [0.1, 0.15) is 0 Å². The van der Waals surface area contributed by atoms with Crippen LogP contribution in [0, 0.1) is 0 Å². The van der Waals surface area contributed by atoms with E-state index in [-0.39, 0.29) is 6.61 Å². The van der Waals surface area contributed by atoms with Gasteiger partial charge < -0.3 is 9.47 Å². The van der Waals surface area contributed by atoms with E-state index in [2.05, 4.69) is 6.08 Å². The number of ether oxygens (including phenoxy) is 2. The lowest BCUT2D eigenvalue weighted by Crippen LogP contribution is -2.18. The number of hydrogen-bond acceptors (Lipinski definition) is 5. The minimum Gasteiger partial charge on any atom is -0.463 e. The molecule has 146 valence electrons. The molecule has 5 heteroatoms. The van der Waals surface area contributed by atoms with Crippen LogP contribution in [0.1, 0.15) is 40.5 Å². The monoisotopic (exact) mass is 387 g/mol. The Balaban J connectivity index is 1.76. The first-order chi connectivity index (χ1) is 14.2. The molecule has 0 bridgehead atoms. The predicted octanol–water partition coefficient (Wildman–Crippen LogP) is 4.44. The topological polar surface area (TPSA) is 65.5 Å². The molecule has 2 aromatic carbocycles. The maximum absolute atomic E-state index is 12.9. The number of aromatic nitrogens is 1. The third-order valence-electron chi connectivity index (χ3n) is 4.91. The van der Waals surface area contributed by atoms with Crippen molar-refractivity contribution in [3.8, 4) is 0 Å². The first-order valence-electron chi connectivity index (χ1n) is 9.67. The molecule has 0 atom stereocenters. The van der Waals surface area contributed by atoms with Crippen LogP contribution >= 0.6 is 0 Å². The third-order valence-corrected chi connectivity index (χ3v) is 4.91. The molecule has 0 N–H and O–H groups in total. The number of pyridine rings is 1. The number of benzene rings is 2. The van der Waals surface area contributed by atoms with E-state index in [0.29, 0.717) is 12.0 Å². The first kappa shape index (κ1) is 18.9. The van der Waals surface area contributed by atoms with Crippen molar-refractivity contribution in [3.63, 3.8) is 0 Å². The number of hydrogen-bond donors (Lipinski definition) is 0. The van der Waals surface area contributed by atoms with Crippen LogP contribution in [-0.2, 0) is 20.7 Å². The van der Waals surface area contributed by atoms with E-state index in [4.69, 9.17) is 14.5 Å². The molecule has 3 aromatic rings. The maximum Gasteiger partial charge on any atom is 0.344 e. The van der Waals surface area contributed by atoms with Crippen LogP contribution < -0.4 is 0 Å². The van der Waals surface area contributed by atoms with Crippen LogP contribution in [0.25, 0.3) is 22.6 Å². The predicted molar refractivity (Wildman–Crippen MR) is 111 cm³/mol. The molecule has 0 saturated heterocycles. The minimum atomic E-state index is -0.555. The normalized spacial score (nSPS) is 14.0. The molecule has 0 fully saturated rings. The highest BCUT2D eigenvalue weighted by Crippen LogP contribution is 2.37. The van der Waals surface area contributed by atoms with Crippen LogP contribution in [0.5, 0.6) is 0 Å². The van der Waals surface area contributed by atoms with E-state index < -0.39 is 18.5 Å². The van der Waals surface area contributed by atoms with Crippen LogP contribution in [0.2, 0.25) is 0 Å². The van der Waals surface area contributed by atoms with Crippen molar-refractivity contribution in [1.29, 1.82) is 0 Å². The number of rotatable bonds is 5. The number of allylic oxidation sites excluding steroid dienone is 1. The number of esters is 2. The summed E-state index contributed by atoms with van der Waals surface area (Å²) in [5.74, 6) is -1.07. The SMILES string of the molecule is CCOC(=O)COC(=O)c1c2c(nc3ccccc13)/C(=C\c1ccccc1)CC2. The molecule has 0 spiro atoms. The van der Waals surface area contributed by atoms with Crippen LogP contribution in [0.4, 0.5) is 0 Å². The molecule has 4 rings (SSSR count). The van der Waals surface area contributed by atoms with Gasteiger partial charge in [0.05, 0.1) is 23.4 Å². The second kappa shape index (κ2) is 8.27. The van der Waals surface area contributed by atoms with Crippen LogP contribution in [0.3, 0.4) is 0 Å². The van der Waals surface area contributed by atoms with Crippen molar-refractivity contribution in [2.45, 2.75) is 19.8 Å². The molecule has 1 aliphatic carbocycles. The van der Waals surface area contributed by atoms with Gasteiger partial charge >= 0.3 is 11.9 Å². The summed E-state index contributed by atoms with van der Waals surface area (Å²) >= 11 is 0. The molecule has 0 amide bonds. The molecule has 1 aromatic heterocycles. The summed E-state index contributed by atoms with van der Waals surface area (Å²) in [5.41, 5.74) is 5.12. The van der Waals surface area contributed by atoms with Gasteiger partial charge in [0, 0.05) is 5.39 Å². The summed E-state index contributed by atoms with van der Waals surface area (Å²) in [6.45, 7) is 1.56. The van der Waals surface area contributed by atoms with Gasteiger partial charge in [0.2, 0.25) is 0 Å². The fraction of sp³-hybridized carbons (Fsp3) is 0.208. The van der Waals surface area contributed by atoms with E-state index in [1.807, 2.05) is 54.6 Å². The third kappa shape index (κ3) is 3.90. The number of nitrogens with zero attached hydrogens (tertiary/aromatic N) is 1. The standard InChI is InChI=1S/C24H21NO4/c1-2-28-21(26)15-29-24(27)22-18-10-6-7-11-20(18)25-23-17(12-13-19(22)23)14-16-8-4-3-5-9-16/h3-11,14H,2,12-13,15H2,1H3/b17-14-. The van der Waals surface area contributed by atoms with Gasteiger partial charge in [-0.2, -0.15) is 0 Å². The Kier molecular flexibility index (Phi) is 5.38. The number of carbonyl (C=O) groups is 2. The molecule has 5 nitrogen and oxygen atoms in total. The summed E-state index contributed by atoms with van der Waals surface area (Å²) in [5, 5.41) is 0.737. The van der Waals surface area contributed by atoms with Gasteiger partial charge in [0.25, 0.3) is 0 Å². The Labute approximate surface area is 169 Å². The van der Waals surface area contributed by atoms with Crippen molar-refractivity contribution < 1.29 is 19.1 Å². The smallest absolute Gasteiger partial charge is 0.344 e. The minimum absolute atomic E-state index is 0.248. The first-order valence-corrected chi connectivity index (χ1v) is 9.67. The zero-order valence-corrected chi connectivity index (χ0v) is 16.2. The Morgan fingerprint density at radius 3 is 2.55 bits per heavy atom. The lowest BCUT2D eigenvalue weighted by molar-refractivity contribution is -0.146. The number of carbonyl (C=O) groups excluding carboxylic acids is 2. The quantitative estimate of drug-likeness (QED) is 0.606. The number of fused-ring (bicyclic) bond motifs is 2. The van der Waals surface area contributed by atoms with Crippen LogP contribution in [-0.4, -0.2) is 30.1 Å². The lowest BCUT2D eigenvalue weighted by atomic mass is 10.0. The average Bonchev–Trinajstić information content (AvgIpc) is 3.13. The van der Waals surface area contributed by atoms with E-state index in [0.717, 1.165) is 39.7 Å². The van der Waals surface area contributed by atoms with Crippen molar-refractivity contribution >= 4 is 34.5 Å². The summed E-state index contributed by atoms with van der Waals surface area (Å²) in [6.07, 6.45) is 3.61. The van der Waals surface area contributed by atoms with E-state index in [1.165, 1.54) is 0 Å². The molecular weight excluding hydrogens is 366 g/mol.